The molecule has 5 aromatic rings. The van der Waals surface area contributed by atoms with Gasteiger partial charge < -0.3 is 54.7 Å². The third-order valence-electron chi connectivity index (χ3n) is 12.8. The van der Waals surface area contributed by atoms with Gasteiger partial charge in [0.05, 0.1) is 67.0 Å². The van der Waals surface area contributed by atoms with Gasteiger partial charge in [-0.05, 0) is 80.3 Å². The Morgan fingerprint density at radius 3 is 2.31 bits per heavy atom. The van der Waals surface area contributed by atoms with E-state index in [1.165, 1.54) is 20.3 Å². The van der Waals surface area contributed by atoms with Crippen molar-refractivity contribution < 1.29 is 42.2 Å². The molecular weight excluding hydrogens is 864 g/mol. The predicted molar refractivity (Wildman–Crippen MR) is 247 cm³/mol. The molecule has 5 atom stereocenters. The van der Waals surface area contributed by atoms with Crippen LogP contribution in [-0.2, 0) is 19.1 Å². The summed E-state index contributed by atoms with van der Waals surface area (Å²) in [5, 5.41) is 12.3. The highest BCUT2D eigenvalue weighted by molar-refractivity contribution is 5.92. The average Bonchev–Trinajstić information content (AvgIpc) is 3.70. The quantitative estimate of drug-likeness (QED) is 0.0674. The van der Waals surface area contributed by atoms with Gasteiger partial charge in [-0.1, -0.05) is 33.8 Å². The van der Waals surface area contributed by atoms with E-state index in [0.717, 1.165) is 41.4 Å². The molecule has 67 heavy (non-hydrogen) atoms. The number of benzene rings is 2. The van der Waals surface area contributed by atoms with Gasteiger partial charge in [0.25, 0.3) is 0 Å². The highest BCUT2D eigenvalue weighted by Gasteiger charge is 2.39. The minimum Gasteiger partial charge on any atom is -0.462 e. The number of carbonyl (C=O) groups is 4. The molecule has 0 bridgehead atoms. The summed E-state index contributed by atoms with van der Waals surface area (Å²) in [6.07, 6.45) is 5.95. The van der Waals surface area contributed by atoms with Crippen molar-refractivity contribution in [3.05, 3.63) is 83.8 Å². The summed E-state index contributed by atoms with van der Waals surface area (Å²) in [5.74, 6) is 0.782. The second-order valence-corrected chi connectivity index (χ2v) is 18.1. The third-order valence-corrected chi connectivity index (χ3v) is 12.8. The zero-order chi connectivity index (χ0) is 47.8. The number of hydrogen-bond acceptors (Lipinski definition) is 12. The van der Waals surface area contributed by atoms with E-state index < -0.39 is 42.5 Å². The molecule has 0 spiro atoms. The largest absolute Gasteiger partial charge is 0.462 e. The molecule has 0 radical (unpaired) electrons. The number of rotatable bonds is 15. The number of fused-ring (bicyclic) bond motifs is 5. The number of ether oxygens (including phenoxy) is 3. The normalized spacial score (nSPS) is 18.1. The van der Waals surface area contributed by atoms with E-state index in [4.69, 9.17) is 18.6 Å². The number of amides is 4. The van der Waals surface area contributed by atoms with Crippen LogP contribution in [0.2, 0.25) is 0 Å². The molecule has 2 aromatic carbocycles. The first-order valence-electron chi connectivity index (χ1n) is 22.7. The number of imidazole rings is 1. The van der Waals surface area contributed by atoms with Gasteiger partial charge in [0.1, 0.15) is 29.5 Å². The lowest BCUT2D eigenvalue weighted by atomic mass is 10.0. The maximum absolute atomic E-state index is 16.8. The first kappa shape index (κ1) is 46.5. The van der Waals surface area contributed by atoms with Crippen molar-refractivity contribution in [3.8, 4) is 28.3 Å². The number of aromatic amines is 1. The summed E-state index contributed by atoms with van der Waals surface area (Å²) >= 11 is 0. The molecule has 3 aromatic heterocycles. The summed E-state index contributed by atoms with van der Waals surface area (Å²) in [6, 6.07) is 9.15. The zero-order valence-corrected chi connectivity index (χ0v) is 39.2. The number of methoxy groups -OCH3 is 2. The number of likely N-dealkylation sites (tertiary alicyclic amines) is 1. The smallest absolute Gasteiger partial charge is 0.407 e. The standard InChI is InChI=1S/C48H59FN10O8/c1-24(2)40(55-47(62)64-8)43(60)53-26(5)57(7)23-33(50-6)28-14-15-34-30(17-28)19-36-39-31(49)18-29(20-37(39)67-46(59(34)36)38-22-52-44(66-38)27-12-13-27)32-21-51-42(54-32)35-11-10-16-58(35)45(61)41(25(3)4)56-48(63)65-9/h14-15,17-27,35,40-41,46,50H,10-13,16H2,1-9H3,(H,51,54)(H,53,60)(H,55,62)(H,56,63)/b33-23-/t26?,35-,40-,41-,46?/m0/s1. The molecule has 19 heteroatoms. The van der Waals surface area contributed by atoms with Crippen LogP contribution in [0.4, 0.5) is 14.0 Å². The molecule has 8 rings (SSSR count). The number of alkyl carbamates (subject to hydrolysis) is 2. The Labute approximate surface area is 388 Å². The number of nitrogens with zero attached hydrogens (tertiary/aromatic N) is 5. The van der Waals surface area contributed by atoms with Gasteiger partial charge in [0, 0.05) is 43.7 Å². The van der Waals surface area contributed by atoms with Crippen LogP contribution >= 0.6 is 0 Å². The van der Waals surface area contributed by atoms with Crippen molar-refractivity contribution in [1.82, 2.24) is 50.6 Å². The van der Waals surface area contributed by atoms with Crippen molar-refractivity contribution in [1.29, 1.82) is 0 Å². The number of nitrogens with one attached hydrogen (secondary N) is 5. The van der Waals surface area contributed by atoms with Gasteiger partial charge in [-0.25, -0.2) is 23.9 Å². The summed E-state index contributed by atoms with van der Waals surface area (Å²) in [6.45, 7) is 9.73. The SMILES string of the molecule is CN/C(=C\N(C)C(C)NC(=O)[C@@H](NC(=O)OC)C(C)C)c1ccc2c(c1)cc1n2C(c2cnc(C3CC3)o2)Oc2cc(-c3cnc([C@@H]4CCCN4C(=O)[C@@H](NC(=O)OC)C(C)C)[nH]3)cc(F)c2-1. The maximum atomic E-state index is 16.8. The van der Waals surface area contributed by atoms with Gasteiger partial charge in [0.15, 0.2) is 11.7 Å². The Morgan fingerprint density at radius 1 is 0.925 bits per heavy atom. The lowest BCUT2D eigenvalue weighted by Crippen LogP contribution is -2.54. The minimum atomic E-state index is -0.818. The monoisotopic (exact) mass is 922 g/mol. The van der Waals surface area contributed by atoms with Crippen molar-refractivity contribution >= 4 is 40.6 Å². The van der Waals surface area contributed by atoms with Crippen LogP contribution < -0.4 is 26.0 Å². The van der Waals surface area contributed by atoms with Crippen LogP contribution in [0.5, 0.6) is 5.75 Å². The number of H-pyrrole nitrogens is 1. The van der Waals surface area contributed by atoms with Gasteiger partial charge in [-0.3, -0.25) is 14.2 Å². The van der Waals surface area contributed by atoms with Gasteiger partial charge in [0.2, 0.25) is 18.0 Å². The summed E-state index contributed by atoms with van der Waals surface area (Å²) in [4.78, 5) is 67.3. The van der Waals surface area contributed by atoms with E-state index in [9.17, 15) is 19.2 Å². The van der Waals surface area contributed by atoms with E-state index in [0.29, 0.717) is 53.1 Å². The highest BCUT2D eigenvalue weighted by atomic mass is 19.1. The second-order valence-electron chi connectivity index (χ2n) is 18.1. The fraction of sp³-hybridized carbons (Fsp3) is 0.458. The first-order valence-corrected chi connectivity index (χ1v) is 22.7. The lowest BCUT2D eigenvalue weighted by Gasteiger charge is -2.30. The molecule has 4 amide bonds. The van der Waals surface area contributed by atoms with Crippen LogP contribution in [0.3, 0.4) is 0 Å². The van der Waals surface area contributed by atoms with Crippen LogP contribution in [0.1, 0.15) is 102 Å². The molecule has 1 saturated heterocycles. The van der Waals surface area contributed by atoms with E-state index in [-0.39, 0.29) is 41.2 Å². The fourth-order valence-corrected chi connectivity index (χ4v) is 8.78. The van der Waals surface area contributed by atoms with Gasteiger partial charge in [-0.2, -0.15) is 0 Å². The Kier molecular flexibility index (Phi) is 13.2. The summed E-state index contributed by atoms with van der Waals surface area (Å²) < 4.78 is 41.4. The number of hydrogen-bond donors (Lipinski definition) is 5. The summed E-state index contributed by atoms with van der Waals surface area (Å²) in [7, 11) is 6.15. The fourth-order valence-electron chi connectivity index (χ4n) is 8.78. The van der Waals surface area contributed by atoms with E-state index in [1.54, 1.807) is 30.4 Å². The Balaban J connectivity index is 1.10. The van der Waals surface area contributed by atoms with Crippen molar-refractivity contribution in [2.24, 2.45) is 11.8 Å². The minimum absolute atomic E-state index is 0.182. The molecule has 5 heterocycles. The Hall–Kier alpha value is -7.05. The van der Waals surface area contributed by atoms with Crippen molar-refractivity contribution in [2.75, 3.05) is 34.9 Å². The molecule has 1 aliphatic carbocycles. The van der Waals surface area contributed by atoms with Crippen molar-refractivity contribution in [3.63, 3.8) is 0 Å². The molecule has 3 aliphatic rings. The van der Waals surface area contributed by atoms with Crippen LogP contribution in [0.25, 0.3) is 39.1 Å². The number of carbonyl (C=O) groups excluding carboxylic acids is 4. The Bertz CT molecular complexity index is 2700. The topological polar surface area (TPSA) is 210 Å². The first-order chi connectivity index (χ1) is 32.1. The second kappa shape index (κ2) is 19.0. The van der Waals surface area contributed by atoms with Crippen LogP contribution in [0.15, 0.2) is 59.4 Å². The molecule has 2 aliphatic heterocycles. The van der Waals surface area contributed by atoms with E-state index in [2.05, 4.69) is 36.2 Å². The summed E-state index contributed by atoms with van der Waals surface area (Å²) in [5.41, 5.74) is 4.26. The zero-order valence-electron chi connectivity index (χ0n) is 39.2. The lowest BCUT2D eigenvalue weighted by molar-refractivity contribution is -0.135. The van der Waals surface area contributed by atoms with Crippen LogP contribution in [-0.4, -0.2) is 106 Å². The van der Waals surface area contributed by atoms with Gasteiger partial charge >= 0.3 is 12.2 Å². The molecule has 5 N–H and O–H groups in total. The average molecular weight is 923 g/mol. The third kappa shape index (κ3) is 9.36. The Morgan fingerprint density at radius 2 is 1.64 bits per heavy atom. The number of aromatic nitrogens is 4. The molecule has 356 valence electrons. The maximum Gasteiger partial charge on any atom is 0.407 e. The molecular formula is C48H59FN10O8. The van der Waals surface area contributed by atoms with E-state index in [1.807, 2.05) is 81.6 Å². The molecule has 1 saturated carbocycles. The van der Waals surface area contributed by atoms with Crippen molar-refractivity contribution in [2.45, 2.75) is 96.7 Å². The predicted octanol–water partition coefficient (Wildman–Crippen LogP) is 6.98. The van der Waals surface area contributed by atoms with E-state index >= 15 is 4.39 Å². The number of halogens is 1. The van der Waals surface area contributed by atoms with Gasteiger partial charge in [-0.15, -0.1) is 0 Å². The number of oxazole rings is 1. The molecule has 18 nitrogen and oxygen atoms in total. The van der Waals surface area contributed by atoms with Crippen LogP contribution in [0, 0.1) is 17.7 Å². The molecule has 2 fully saturated rings. The highest BCUT2D eigenvalue weighted by Crippen LogP contribution is 2.48. The molecule has 2 unspecified atom stereocenters.